The summed E-state index contributed by atoms with van der Waals surface area (Å²) in [6.07, 6.45) is -4.43. The molecule has 0 spiro atoms. The summed E-state index contributed by atoms with van der Waals surface area (Å²) >= 11 is 1.51. The molecule has 0 fully saturated rings. The van der Waals surface area contributed by atoms with Gasteiger partial charge in [0.25, 0.3) is 5.91 Å². The maximum atomic E-state index is 13.1. The molecule has 2 aromatic carbocycles. The lowest BCUT2D eigenvalue weighted by molar-refractivity contribution is -0.137. The highest BCUT2D eigenvalue weighted by Crippen LogP contribution is 2.30. The number of amides is 1. The molecule has 1 N–H and O–H groups in total. The third-order valence-corrected chi connectivity index (χ3v) is 5.90. The smallest absolute Gasteiger partial charge is 0.347 e. The van der Waals surface area contributed by atoms with Gasteiger partial charge in [0, 0.05) is 6.54 Å². The lowest BCUT2D eigenvalue weighted by atomic mass is 10.1. The van der Waals surface area contributed by atoms with Crippen molar-refractivity contribution in [3.05, 3.63) is 94.0 Å². The van der Waals surface area contributed by atoms with E-state index in [1.165, 1.54) is 17.4 Å². The first-order chi connectivity index (χ1) is 15.2. The standard InChI is InChI=1S/C24H20F3N3OS/c1-15-8-9-20(16(2)11-15)30-21(13-19(29-30)22-7-4-10-32-22)23(31)28-14-17-5-3-6-18(12-17)24(25,26)27/h3-13H,14H2,1-2H3,(H,28,31). The fraction of sp³-hybridized carbons (Fsp3) is 0.167. The summed E-state index contributed by atoms with van der Waals surface area (Å²) in [5, 5.41) is 9.31. The topological polar surface area (TPSA) is 46.9 Å². The van der Waals surface area contributed by atoms with Gasteiger partial charge >= 0.3 is 6.18 Å². The van der Waals surface area contributed by atoms with Crippen molar-refractivity contribution in [2.24, 2.45) is 0 Å². The number of thiophene rings is 1. The molecule has 0 radical (unpaired) electrons. The van der Waals surface area contributed by atoms with Crippen molar-refractivity contribution in [1.82, 2.24) is 15.1 Å². The van der Waals surface area contributed by atoms with E-state index in [0.29, 0.717) is 17.0 Å². The van der Waals surface area contributed by atoms with Gasteiger partial charge in [-0.2, -0.15) is 18.3 Å². The second-order valence-corrected chi connectivity index (χ2v) is 8.42. The van der Waals surface area contributed by atoms with Crippen molar-refractivity contribution in [2.45, 2.75) is 26.6 Å². The number of benzene rings is 2. The molecule has 0 unspecified atom stereocenters. The van der Waals surface area contributed by atoms with Gasteiger partial charge in [0.05, 0.1) is 16.1 Å². The molecule has 0 atom stereocenters. The predicted octanol–water partition coefficient (Wildman–Crippen LogP) is 6.17. The number of rotatable bonds is 5. The summed E-state index contributed by atoms with van der Waals surface area (Å²) < 4.78 is 40.5. The molecule has 4 nitrogen and oxygen atoms in total. The number of nitrogens with one attached hydrogen (secondary N) is 1. The Hall–Kier alpha value is -3.39. The summed E-state index contributed by atoms with van der Waals surface area (Å²) in [4.78, 5) is 14.0. The first-order valence-corrected chi connectivity index (χ1v) is 10.8. The average molecular weight is 456 g/mol. The maximum absolute atomic E-state index is 13.1. The van der Waals surface area contributed by atoms with E-state index in [1.54, 1.807) is 16.8 Å². The van der Waals surface area contributed by atoms with Gasteiger partial charge in [-0.1, -0.05) is 35.9 Å². The van der Waals surface area contributed by atoms with Crippen LogP contribution in [0, 0.1) is 13.8 Å². The number of hydrogen-bond acceptors (Lipinski definition) is 3. The Labute approximate surface area is 187 Å². The summed E-state index contributed by atoms with van der Waals surface area (Å²) in [5.41, 5.74) is 3.40. The van der Waals surface area contributed by atoms with Crippen LogP contribution in [0.5, 0.6) is 0 Å². The van der Waals surface area contributed by atoms with Crippen molar-refractivity contribution in [2.75, 3.05) is 0 Å². The van der Waals surface area contributed by atoms with Crippen LogP contribution in [0.4, 0.5) is 13.2 Å². The molecule has 0 aliphatic rings. The van der Waals surface area contributed by atoms with Crippen LogP contribution in [0.25, 0.3) is 16.3 Å². The van der Waals surface area contributed by atoms with Crippen molar-refractivity contribution in [1.29, 1.82) is 0 Å². The number of aryl methyl sites for hydroxylation is 2. The summed E-state index contributed by atoms with van der Waals surface area (Å²) in [5.74, 6) is -0.419. The Balaban J connectivity index is 1.65. The summed E-state index contributed by atoms with van der Waals surface area (Å²) in [7, 11) is 0. The van der Waals surface area contributed by atoms with Gasteiger partial charge in [0.2, 0.25) is 0 Å². The zero-order chi connectivity index (χ0) is 22.9. The highest BCUT2D eigenvalue weighted by atomic mass is 32.1. The van der Waals surface area contributed by atoms with Gasteiger partial charge in [-0.3, -0.25) is 4.79 Å². The van der Waals surface area contributed by atoms with E-state index < -0.39 is 17.6 Å². The van der Waals surface area contributed by atoms with Crippen LogP contribution in [0.3, 0.4) is 0 Å². The van der Waals surface area contributed by atoms with Gasteiger partial charge in [0.15, 0.2) is 0 Å². The Bertz CT molecular complexity index is 1260. The molecular weight excluding hydrogens is 435 g/mol. The molecule has 164 valence electrons. The van der Waals surface area contributed by atoms with Crippen molar-refractivity contribution in [3.8, 4) is 16.3 Å². The molecule has 4 aromatic rings. The Morgan fingerprint density at radius 2 is 1.88 bits per heavy atom. The summed E-state index contributed by atoms with van der Waals surface area (Å²) in [6.45, 7) is 3.90. The Kier molecular flexibility index (Phi) is 5.88. The van der Waals surface area contributed by atoms with Crippen LogP contribution in [-0.2, 0) is 12.7 Å². The third kappa shape index (κ3) is 4.60. The molecule has 2 heterocycles. The molecule has 1 amide bonds. The van der Waals surface area contributed by atoms with Crippen LogP contribution in [0.15, 0.2) is 66.0 Å². The molecule has 8 heteroatoms. The number of alkyl halides is 3. The van der Waals surface area contributed by atoms with Crippen LogP contribution in [0.2, 0.25) is 0 Å². The highest BCUT2D eigenvalue weighted by molar-refractivity contribution is 7.13. The third-order valence-electron chi connectivity index (χ3n) is 5.00. The minimum Gasteiger partial charge on any atom is -0.347 e. The fourth-order valence-corrected chi connectivity index (χ4v) is 4.13. The van der Waals surface area contributed by atoms with Crippen molar-refractivity contribution in [3.63, 3.8) is 0 Å². The van der Waals surface area contributed by atoms with E-state index in [9.17, 15) is 18.0 Å². The minimum absolute atomic E-state index is 0.0326. The number of carbonyl (C=O) groups is 1. The SMILES string of the molecule is Cc1ccc(-n2nc(-c3cccs3)cc2C(=O)NCc2cccc(C(F)(F)F)c2)c(C)c1. The average Bonchev–Trinajstić information content (AvgIpc) is 3.42. The molecule has 0 bridgehead atoms. The van der Waals surface area contributed by atoms with E-state index in [0.717, 1.165) is 33.8 Å². The van der Waals surface area contributed by atoms with Crippen LogP contribution < -0.4 is 5.32 Å². The number of carbonyl (C=O) groups excluding carboxylic acids is 1. The quantitative estimate of drug-likeness (QED) is 0.391. The molecule has 0 aliphatic heterocycles. The molecule has 0 saturated heterocycles. The van der Waals surface area contributed by atoms with Crippen LogP contribution in [-0.4, -0.2) is 15.7 Å². The monoisotopic (exact) mass is 455 g/mol. The Morgan fingerprint density at radius 3 is 2.56 bits per heavy atom. The Morgan fingerprint density at radius 1 is 1.06 bits per heavy atom. The molecule has 0 saturated carbocycles. The van der Waals surface area contributed by atoms with E-state index in [4.69, 9.17) is 0 Å². The zero-order valence-corrected chi connectivity index (χ0v) is 18.2. The van der Waals surface area contributed by atoms with Crippen molar-refractivity contribution < 1.29 is 18.0 Å². The van der Waals surface area contributed by atoms with Gasteiger partial charge in [-0.25, -0.2) is 4.68 Å². The largest absolute Gasteiger partial charge is 0.416 e. The number of hydrogen-bond donors (Lipinski definition) is 1. The predicted molar refractivity (Wildman–Crippen MR) is 119 cm³/mol. The van der Waals surface area contributed by atoms with E-state index in [1.807, 2.05) is 49.6 Å². The van der Waals surface area contributed by atoms with E-state index in [2.05, 4.69) is 10.4 Å². The van der Waals surface area contributed by atoms with Crippen LogP contribution in [0.1, 0.15) is 32.7 Å². The first kappa shape index (κ1) is 21.8. The second-order valence-electron chi connectivity index (χ2n) is 7.47. The number of nitrogens with zero attached hydrogens (tertiary/aromatic N) is 2. The molecule has 32 heavy (non-hydrogen) atoms. The van der Waals surface area contributed by atoms with Crippen LogP contribution >= 0.6 is 11.3 Å². The van der Waals surface area contributed by atoms with Gasteiger partial charge in [-0.05, 0) is 60.7 Å². The number of halogens is 3. The zero-order valence-electron chi connectivity index (χ0n) is 17.4. The van der Waals surface area contributed by atoms with E-state index in [-0.39, 0.29) is 6.54 Å². The highest BCUT2D eigenvalue weighted by Gasteiger charge is 2.30. The van der Waals surface area contributed by atoms with Gasteiger partial charge in [-0.15, -0.1) is 11.3 Å². The summed E-state index contributed by atoms with van der Waals surface area (Å²) in [6, 6.07) is 16.3. The van der Waals surface area contributed by atoms with Gasteiger partial charge in [0.1, 0.15) is 11.4 Å². The minimum atomic E-state index is -4.43. The lowest BCUT2D eigenvalue weighted by Gasteiger charge is -2.12. The normalized spacial score (nSPS) is 11.5. The van der Waals surface area contributed by atoms with Crippen molar-refractivity contribution >= 4 is 17.2 Å². The fourth-order valence-electron chi connectivity index (χ4n) is 3.44. The van der Waals surface area contributed by atoms with Gasteiger partial charge < -0.3 is 5.32 Å². The molecule has 2 aromatic heterocycles. The second kappa shape index (κ2) is 8.63. The first-order valence-electron chi connectivity index (χ1n) is 9.88. The molecule has 4 rings (SSSR count). The lowest BCUT2D eigenvalue weighted by Crippen LogP contribution is -2.25. The van der Waals surface area contributed by atoms with E-state index >= 15 is 0 Å². The molecular formula is C24H20F3N3OS. The number of aromatic nitrogens is 2. The maximum Gasteiger partial charge on any atom is 0.416 e. The molecule has 0 aliphatic carbocycles.